The van der Waals surface area contributed by atoms with Crippen molar-refractivity contribution in [3.63, 3.8) is 0 Å². The number of unbranched alkanes of at least 4 members (excludes halogenated alkanes) is 10. The Morgan fingerprint density at radius 2 is 1.12 bits per heavy atom. The summed E-state index contributed by atoms with van der Waals surface area (Å²) >= 11 is 0. The molecule has 0 spiro atoms. The van der Waals surface area contributed by atoms with Crippen molar-refractivity contribution in [2.45, 2.75) is 148 Å². The van der Waals surface area contributed by atoms with E-state index in [1.165, 1.54) is 44.9 Å². The van der Waals surface area contributed by atoms with Crippen molar-refractivity contribution in [1.29, 1.82) is 0 Å². The fourth-order valence-corrected chi connectivity index (χ4v) is 5.47. The largest absolute Gasteiger partial charge is 0.472 e. The van der Waals surface area contributed by atoms with Gasteiger partial charge in [-0.25, -0.2) is 4.57 Å². The maximum absolute atomic E-state index is 12.5. The van der Waals surface area contributed by atoms with Crippen LogP contribution in [0.15, 0.2) is 72.9 Å². The topological polar surface area (TPSA) is 132 Å². The van der Waals surface area contributed by atoms with Crippen LogP contribution in [0.2, 0.25) is 0 Å². The third kappa shape index (κ3) is 37.5. The first-order valence-corrected chi connectivity index (χ1v) is 20.9. The molecule has 3 atom stereocenters. The Bertz CT molecular complexity index is 1020. The molecule has 0 saturated heterocycles. The van der Waals surface area contributed by atoms with Crippen molar-refractivity contribution < 1.29 is 43.0 Å². The monoisotopic (exact) mass is 738 g/mol. The van der Waals surface area contributed by atoms with Gasteiger partial charge < -0.3 is 24.6 Å². The van der Waals surface area contributed by atoms with Crippen molar-refractivity contribution in [2.24, 2.45) is 0 Å². The minimum Gasteiger partial charge on any atom is -0.457 e. The molecule has 0 aliphatic heterocycles. The number of esters is 1. The molecule has 0 aromatic heterocycles. The van der Waals surface area contributed by atoms with Crippen LogP contribution in [0.3, 0.4) is 0 Å². The maximum Gasteiger partial charge on any atom is 0.472 e. The average molecular weight is 739 g/mol. The van der Waals surface area contributed by atoms with Gasteiger partial charge in [0.05, 0.1) is 26.4 Å². The van der Waals surface area contributed by atoms with Gasteiger partial charge in [-0.15, -0.1) is 0 Å². The number of hydrogen-bond acceptors (Lipinski definition) is 8. The van der Waals surface area contributed by atoms with Gasteiger partial charge in [0.15, 0.2) is 0 Å². The second kappa shape index (κ2) is 37.7. The van der Waals surface area contributed by atoms with Crippen molar-refractivity contribution >= 4 is 13.8 Å². The fraction of sp³-hybridized carbons (Fsp3) is 0.683. The first-order chi connectivity index (χ1) is 24.8. The second-order valence-corrected chi connectivity index (χ2v) is 14.0. The van der Waals surface area contributed by atoms with Crippen molar-refractivity contribution in [3.05, 3.63) is 72.9 Å². The number of phosphoric ester groups is 1. The Labute approximate surface area is 310 Å². The molecular formula is C41H71O9P. The number of aliphatic hydroxyl groups is 2. The predicted octanol–water partition coefficient (Wildman–Crippen LogP) is 10.2. The minimum absolute atomic E-state index is 0.0182. The number of allylic oxidation sites excluding steroid dienone is 12. The van der Waals surface area contributed by atoms with Gasteiger partial charge in [0, 0.05) is 13.0 Å². The van der Waals surface area contributed by atoms with Gasteiger partial charge in [-0.1, -0.05) is 125 Å². The highest BCUT2D eigenvalue weighted by molar-refractivity contribution is 7.47. The highest BCUT2D eigenvalue weighted by Crippen LogP contribution is 2.43. The van der Waals surface area contributed by atoms with Crippen LogP contribution in [0.5, 0.6) is 0 Å². The Morgan fingerprint density at radius 1 is 0.627 bits per heavy atom. The molecule has 10 heteroatoms. The average Bonchev–Trinajstić information content (AvgIpc) is 3.12. The minimum atomic E-state index is -4.53. The first kappa shape index (κ1) is 48.9. The number of carbonyl (C=O) groups excluding carboxylic acids is 1. The smallest absolute Gasteiger partial charge is 0.457 e. The first-order valence-electron chi connectivity index (χ1n) is 19.4. The van der Waals surface area contributed by atoms with Crippen molar-refractivity contribution in [3.8, 4) is 0 Å². The van der Waals surface area contributed by atoms with Gasteiger partial charge in [-0.3, -0.25) is 13.8 Å². The third-order valence-electron chi connectivity index (χ3n) is 7.63. The molecular weight excluding hydrogens is 667 g/mol. The standard InChI is InChI=1S/C41H71O9P/c1-3-5-7-9-11-13-15-17-18-19-20-21-23-25-27-29-31-33-41(44)50-40(38-49-51(45,46)48-36-39(43)35-42)37-47-34-32-30-28-26-24-22-16-14-12-10-8-6-4-2/h5,7,11-14,17-18,20-21,25,27,39-40,42-43H,3-4,6,8-10,15-16,19,22-24,26,28-38H2,1-2H3,(H,45,46)/b7-5-,13-11-,14-12-,18-17-,21-20-,27-25-. The molecule has 294 valence electrons. The maximum atomic E-state index is 12.5. The normalized spacial score (nSPS) is 15.0. The van der Waals surface area contributed by atoms with Crippen LogP contribution in [0.1, 0.15) is 136 Å². The summed E-state index contributed by atoms with van der Waals surface area (Å²) in [4.78, 5) is 22.5. The van der Waals surface area contributed by atoms with Crippen LogP contribution in [0.4, 0.5) is 0 Å². The molecule has 0 bridgehead atoms. The predicted molar refractivity (Wildman–Crippen MR) is 209 cm³/mol. The van der Waals surface area contributed by atoms with Crippen LogP contribution in [-0.2, 0) is 27.9 Å². The van der Waals surface area contributed by atoms with Gasteiger partial charge in [-0.2, -0.15) is 0 Å². The summed E-state index contributed by atoms with van der Waals surface area (Å²) in [6, 6.07) is 0. The summed E-state index contributed by atoms with van der Waals surface area (Å²) in [5.41, 5.74) is 0. The molecule has 0 aromatic rings. The Balaban J connectivity index is 4.37. The molecule has 0 heterocycles. The van der Waals surface area contributed by atoms with E-state index in [0.29, 0.717) is 13.0 Å². The molecule has 0 aliphatic carbocycles. The highest BCUT2D eigenvalue weighted by Gasteiger charge is 2.26. The lowest BCUT2D eigenvalue weighted by atomic mass is 10.1. The van der Waals surface area contributed by atoms with E-state index in [2.05, 4.69) is 80.7 Å². The van der Waals surface area contributed by atoms with Gasteiger partial charge >= 0.3 is 13.8 Å². The molecule has 0 aliphatic rings. The van der Waals surface area contributed by atoms with E-state index in [1.807, 2.05) is 6.08 Å². The summed E-state index contributed by atoms with van der Waals surface area (Å²) in [6.07, 6.45) is 42.9. The molecule has 3 unspecified atom stereocenters. The lowest BCUT2D eigenvalue weighted by Crippen LogP contribution is -2.29. The van der Waals surface area contributed by atoms with E-state index >= 15 is 0 Å². The van der Waals surface area contributed by atoms with E-state index < -0.39 is 45.8 Å². The van der Waals surface area contributed by atoms with E-state index in [4.69, 9.17) is 23.6 Å². The molecule has 3 N–H and O–H groups in total. The molecule has 51 heavy (non-hydrogen) atoms. The molecule has 9 nitrogen and oxygen atoms in total. The zero-order valence-electron chi connectivity index (χ0n) is 31.8. The number of rotatable bonds is 36. The highest BCUT2D eigenvalue weighted by atomic mass is 31.2. The molecule has 0 rings (SSSR count). The van der Waals surface area contributed by atoms with Crippen LogP contribution in [0.25, 0.3) is 0 Å². The quantitative estimate of drug-likeness (QED) is 0.0249. The summed E-state index contributed by atoms with van der Waals surface area (Å²) in [7, 11) is -4.53. The number of hydrogen-bond donors (Lipinski definition) is 3. The fourth-order valence-electron chi connectivity index (χ4n) is 4.68. The van der Waals surface area contributed by atoms with Crippen LogP contribution in [-0.4, -0.2) is 66.3 Å². The van der Waals surface area contributed by atoms with E-state index in [1.54, 1.807) is 0 Å². The lowest BCUT2D eigenvalue weighted by molar-refractivity contribution is -0.154. The van der Waals surface area contributed by atoms with Gasteiger partial charge in [0.1, 0.15) is 12.2 Å². The lowest BCUT2D eigenvalue weighted by Gasteiger charge is -2.20. The Morgan fingerprint density at radius 3 is 1.71 bits per heavy atom. The zero-order valence-corrected chi connectivity index (χ0v) is 32.7. The zero-order chi connectivity index (χ0) is 37.5. The van der Waals surface area contributed by atoms with Crippen LogP contribution < -0.4 is 0 Å². The summed E-state index contributed by atoms with van der Waals surface area (Å²) in [5, 5.41) is 18.3. The molecule has 0 radical (unpaired) electrons. The van der Waals surface area contributed by atoms with Crippen LogP contribution in [0, 0.1) is 0 Å². The summed E-state index contributed by atoms with van der Waals surface area (Å²) in [6.45, 7) is 3.26. The molecule has 0 amide bonds. The molecule has 0 aromatic carbocycles. The van der Waals surface area contributed by atoms with Gasteiger partial charge in [0.2, 0.25) is 0 Å². The summed E-state index contributed by atoms with van der Waals surface area (Å²) in [5.74, 6) is -0.445. The van der Waals surface area contributed by atoms with Gasteiger partial charge in [0.25, 0.3) is 0 Å². The molecule has 0 fully saturated rings. The van der Waals surface area contributed by atoms with Crippen molar-refractivity contribution in [2.75, 3.05) is 33.0 Å². The van der Waals surface area contributed by atoms with E-state index in [0.717, 1.165) is 64.2 Å². The number of ether oxygens (including phenoxy) is 2. The van der Waals surface area contributed by atoms with E-state index in [-0.39, 0.29) is 13.0 Å². The molecule has 0 saturated carbocycles. The van der Waals surface area contributed by atoms with E-state index in [9.17, 15) is 19.4 Å². The Hall–Kier alpha value is -2.10. The summed E-state index contributed by atoms with van der Waals surface area (Å²) < 4.78 is 33.2. The second-order valence-electron chi connectivity index (χ2n) is 12.6. The SMILES string of the molecule is CC/C=C\C/C=C\C/C=C\C/C=C\C/C=C\CCCC(=O)OC(COCCCCCCCC/C=C\CCCCC)COP(=O)(O)OCC(O)CO. The van der Waals surface area contributed by atoms with Crippen LogP contribution >= 0.6 is 7.82 Å². The Kier molecular flexibility index (Phi) is 36.1. The third-order valence-corrected chi connectivity index (χ3v) is 8.58. The van der Waals surface area contributed by atoms with Gasteiger partial charge in [-0.05, 0) is 77.0 Å². The van der Waals surface area contributed by atoms with Crippen molar-refractivity contribution in [1.82, 2.24) is 0 Å². The number of carbonyl (C=O) groups is 1. The number of aliphatic hydroxyl groups excluding tert-OH is 2. The number of phosphoric acid groups is 1.